The lowest BCUT2D eigenvalue weighted by Gasteiger charge is -2.45. The molecule has 1 saturated carbocycles. The third-order valence-corrected chi connectivity index (χ3v) is 8.88. The van der Waals surface area contributed by atoms with Crippen LogP contribution in [-0.4, -0.2) is 63.9 Å². The number of hydrogen-bond donors (Lipinski definition) is 1. The molecule has 2 fully saturated rings. The van der Waals surface area contributed by atoms with Crippen molar-refractivity contribution in [1.82, 2.24) is 19.7 Å². The Morgan fingerprint density at radius 2 is 1.91 bits per heavy atom. The number of thiophene rings is 1. The standard InChI is InChI=1S/C26H38N4O2S/c1-18-13-19(2)16-28(15-18)10-6-11-30-24(31)22-14-23-21(9-12-33-23)29(22)17-26(30,3)25(32)27-20-7-4-5-8-20/h9,12,14,18-20H,4-8,10-11,13,15-17H2,1-3H3,(H,27,32)/t18-,19-,26-/m1/s1. The Bertz CT molecular complexity index is 1010. The van der Waals surface area contributed by atoms with Gasteiger partial charge in [-0.3, -0.25) is 9.59 Å². The number of rotatable bonds is 6. The number of piperidine rings is 1. The molecular formula is C26H38N4O2S. The first-order chi connectivity index (χ1) is 15.8. The van der Waals surface area contributed by atoms with Crippen molar-refractivity contribution >= 4 is 33.4 Å². The molecule has 4 heterocycles. The van der Waals surface area contributed by atoms with Gasteiger partial charge in [-0.2, -0.15) is 0 Å². The molecule has 2 amide bonds. The highest BCUT2D eigenvalue weighted by atomic mass is 32.1. The van der Waals surface area contributed by atoms with E-state index in [1.165, 1.54) is 19.3 Å². The summed E-state index contributed by atoms with van der Waals surface area (Å²) in [5.41, 5.74) is 0.922. The van der Waals surface area contributed by atoms with E-state index in [0.29, 0.717) is 13.1 Å². The molecule has 2 aromatic heterocycles. The molecule has 0 bridgehead atoms. The molecule has 0 radical (unpaired) electrons. The fourth-order valence-corrected chi connectivity index (χ4v) is 7.28. The van der Waals surface area contributed by atoms with Gasteiger partial charge >= 0.3 is 0 Å². The van der Waals surface area contributed by atoms with Crippen molar-refractivity contribution in [3.8, 4) is 0 Å². The number of likely N-dealkylation sites (tertiary alicyclic amines) is 1. The predicted octanol–water partition coefficient (Wildman–Crippen LogP) is 4.34. The Balaban J connectivity index is 1.37. The molecule has 0 spiro atoms. The van der Waals surface area contributed by atoms with Gasteiger partial charge in [-0.1, -0.05) is 26.7 Å². The van der Waals surface area contributed by atoms with Crippen molar-refractivity contribution in [3.05, 3.63) is 23.2 Å². The summed E-state index contributed by atoms with van der Waals surface area (Å²) in [5.74, 6) is 1.45. The minimum Gasteiger partial charge on any atom is -0.351 e. The molecule has 1 saturated heterocycles. The molecule has 2 aromatic rings. The first-order valence-electron chi connectivity index (χ1n) is 12.8. The minimum absolute atomic E-state index is 0.00527. The number of carbonyl (C=O) groups is 2. The van der Waals surface area contributed by atoms with E-state index in [-0.39, 0.29) is 17.9 Å². The highest BCUT2D eigenvalue weighted by Crippen LogP contribution is 2.35. The van der Waals surface area contributed by atoms with Gasteiger partial charge in [0.15, 0.2) is 0 Å². The molecule has 5 rings (SSSR count). The van der Waals surface area contributed by atoms with Crippen molar-refractivity contribution in [2.24, 2.45) is 11.8 Å². The second-order valence-corrected chi connectivity index (χ2v) is 12.0. The topological polar surface area (TPSA) is 57.6 Å². The highest BCUT2D eigenvalue weighted by molar-refractivity contribution is 7.17. The van der Waals surface area contributed by atoms with Gasteiger partial charge in [0.25, 0.3) is 5.91 Å². The van der Waals surface area contributed by atoms with Crippen LogP contribution in [0.3, 0.4) is 0 Å². The van der Waals surface area contributed by atoms with Gasteiger partial charge in [0.1, 0.15) is 11.2 Å². The molecule has 3 aliphatic rings. The van der Waals surface area contributed by atoms with Crippen LogP contribution in [0.2, 0.25) is 0 Å². The van der Waals surface area contributed by atoms with Gasteiger partial charge in [0.05, 0.1) is 16.8 Å². The molecule has 0 aromatic carbocycles. The lowest BCUT2D eigenvalue weighted by Crippen LogP contribution is -2.65. The van der Waals surface area contributed by atoms with Crippen LogP contribution in [-0.2, 0) is 11.3 Å². The largest absolute Gasteiger partial charge is 0.351 e. The molecule has 6 nitrogen and oxygen atoms in total. The number of nitrogens with zero attached hydrogens (tertiary/aromatic N) is 3. The number of carbonyl (C=O) groups excluding carboxylic acids is 2. The number of aromatic nitrogens is 1. The molecule has 1 aliphatic carbocycles. The van der Waals surface area contributed by atoms with Crippen LogP contribution in [0.5, 0.6) is 0 Å². The molecule has 2 aliphatic heterocycles. The molecule has 3 atom stereocenters. The number of nitrogens with one attached hydrogen (secondary N) is 1. The van der Waals surface area contributed by atoms with E-state index in [1.54, 1.807) is 11.3 Å². The molecule has 7 heteroatoms. The van der Waals surface area contributed by atoms with E-state index < -0.39 is 5.54 Å². The summed E-state index contributed by atoms with van der Waals surface area (Å²) in [7, 11) is 0. The summed E-state index contributed by atoms with van der Waals surface area (Å²) in [4.78, 5) is 31.8. The van der Waals surface area contributed by atoms with Crippen LogP contribution in [0.1, 0.15) is 69.8 Å². The van der Waals surface area contributed by atoms with E-state index in [4.69, 9.17) is 0 Å². The Morgan fingerprint density at radius 1 is 1.18 bits per heavy atom. The van der Waals surface area contributed by atoms with E-state index in [2.05, 4.69) is 40.1 Å². The van der Waals surface area contributed by atoms with Crippen LogP contribution in [0, 0.1) is 11.8 Å². The van der Waals surface area contributed by atoms with Gasteiger partial charge in [0.2, 0.25) is 5.91 Å². The summed E-state index contributed by atoms with van der Waals surface area (Å²) in [5, 5.41) is 5.36. The van der Waals surface area contributed by atoms with Crippen LogP contribution >= 0.6 is 11.3 Å². The van der Waals surface area contributed by atoms with Crippen molar-refractivity contribution in [3.63, 3.8) is 0 Å². The van der Waals surface area contributed by atoms with Crippen LogP contribution in [0.25, 0.3) is 10.2 Å². The van der Waals surface area contributed by atoms with E-state index in [0.717, 1.165) is 66.6 Å². The Morgan fingerprint density at radius 3 is 2.64 bits per heavy atom. The number of fused-ring (bicyclic) bond motifs is 3. The normalized spacial score (nSPS) is 29.1. The Kier molecular flexibility index (Phi) is 6.29. The fourth-order valence-electron chi connectivity index (χ4n) is 6.46. The molecular weight excluding hydrogens is 432 g/mol. The third kappa shape index (κ3) is 4.34. The van der Waals surface area contributed by atoms with E-state index >= 15 is 0 Å². The Hall–Kier alpha value is -1.86. The van der Waals surface area contributed by atoms with Gasteiger partial charge in [0, 0.05) is 25.7 Å². The van der Waals surface area contributed by atoms with Crippen LogP contribution < -0.4 is 5.32 Å². The monoisotopic (exact) mass is 470 g/mol. The lowest BCUT2D eigenvalue weighted by atomic mass is 9.91. The molecule has 180 valence electrons. The molecule has 1 N–H and O–H groups in total. The maximum absolute atomic E-state index is 13.7. The van der Waals surface area contributed by atoms with Crippen molar-refractivity contribution in [2.75, 3.05) is 26.2 Å². The summed E-state index contributed by atoms with van der Waals surface area (Å²) < 4.78 is 3.20. The van der Waals surface area contributed by atoms with E-state index in [9.17, 15) is 9.59 Å². The zero-order valence-electron chi connectivity index (χ0n) is 20.3. The van der Waals surface area contributed by atoms with Crippen molar-refractivity contribution < 1.29 is 9.59 Å². The number of amides is 2. The average Bonchev–Trinajstić information content (AvgIpc) is 3.48. The first kappa shape index (κ1) is 22.9. The zero-order chi connectivity index (χ0) is 23.2. The lowest BCUT2D eigenvalue weighted by molar-refractivity contribution is -0.133. The summed E-state index contributed by atoms with van der Waals surface area (Å²) in [6.45, 7) is 11.0. The smallest absolute Gasteiger partial charge is 0.271 e. The van der Waals surface area contributed by atoms with Crippen LogP contribution in [0.4, 0.5) is 0 Å². The quantitative estimate of drug-likeness (QED) is 0.683. The summed E-state index contributed by atoms with van der Waals surface area (Å²) >= 11 is 1.66. The van der Waals surface area contributed by atoms with Crippen molar-refractivity contribution in [2.45, 2.75) is 77.4 Å². The van der Waals surface area contributed by atoms with Crippen molar-refractivity contribution in [1.29, 1.82) is 0 Å². The third-order valence-electron chi connectivity index (χ3n) is 8.03. The highest BCUT2D eigenvalue weighted by Gasteiger charge is 2.48. The van der Waals surface area contributed by atoms with Gasteiger partial charge in [-0.05, 0) is 68.5 Å². The van der Waals surface area contributed by atoms with Gasteiger partial charge in [-0.15, -0.1) is 11.3 Å². The maximum Gasteiger partial charge on any atom is 0.271 e. The van der Waals surface area contributed by atoms with Gasteiger partial charge in [-0.25, -0.2) is 0 Å². The van der Waals surface area contributed by atoms with Gasteiger partial charge < -0.3 is 19.7 Å². The second-order valence-electron chi connectivity index (χ2n) is 11.0. The summed E-state index contributed by atoms with van der Waals surface area (Å²) in [6, 6.07) is 4.33. The van der Waals surface area contributed by atoms with E-state index in [1.807, 2.05) is 17.9 Å². The minimum atomic E-state index is -0.872. The number of hydrogen-bond acceptors (Lipinski definition) is 4. The summed E-state index contributed by atoms with van der Waals surface area (Å²) in [6.07, 6.45) is 6.64. The molecule has 33 heavy (non-hydrogen) atoms. The van der Waals surface area contributed by atoms with Crippen LogP contribution in [0.15, 0.2) is 17.5 Å². The predicted molar refractivity (Wildman–Crippen MR) is 134 cm³/mol. The second kappa shape index (κ2) is 9.06. The average molecular weight is 471 g/mol. The SMILES string of the molecule is C[C@@H]1C[C@@H](C)CN(CCCN2C(=O)c3cc4sccc4n3C[C@]2(C)C(=O)NC2CCCC2)C1. The Labute approximate surface area is 201 Å². The molecule has 0 unspecified atom stereocenters. The maximum atomic E-state index is 13.7. The zero-order valence-corrected chi connectivity index (χ0v) is 21.1. The first-order valence-corrected chi connectivity index (χ1v) is 13.6. The fraction of sp³-hybridized carbons (Fsp3) is 0.692.